The van der Waals surface area contributed by atoms with Crippen LogP contribution in [0.25, 0.3) is 11.0 Å². The minimum atomic E-state index is -0.456. The van der Waals surface area contributed by atoms with Crippen LogP contribution < -0.4 is 10.4 Å². The van der Waals surface area contributed by atoms with E-state index in [4.69, 9.17) is 13.9 Å². The van der Waals surface area contributed by atoms with Crippen LogP contribution in [0.1, 0.15) is 41.3 Å². The topological polar surface area (TPSA) is 82.8 Å². The van der Waals surface area contributed by atoms with Crippen LogP contribution in [0.4, 0.5) is 0 Å². The molecule has 6 heteroatoms. The number of hydrogen-bond acceptors (Lipinski definition) is 6. The first-order chi connectivity index (χ1) is 14.5. The van der Waals surface area contributed by atoms with Gasteiger partial charge in [0.25, 0.3) is 0 Å². The maximum Gasteiger partial charge on any atom is 0.336 e. The van der Waals surface area contributed by atoms with Crippen molar-refractivity contribution in [3.63, 3.8) is 0 Å². The Labute approximate surface area is 174 Å². The van der Waals surface area contributed by atoms with E-state index in [1.54, 1.807) is 30.3 Å². The summed E-state index contributed by atoms with van der Waals surface area (Å²) in [6.45, 7) is 3.97. The van der Waals surface area contributed by atoms with Gasteiger partial charge in [-0.15, -0.1) is 0 Å². The highest BCUT2D eigenvalue weighted by Gasteiger charge is 2.15. The number of ketones is 1. The van der Waals surface area contributed by atoms with Crippen LogP contribution in [0.5, 0.6) is 5.75 Å². The number of carbonyl (C=O) groups is 2. The zero-order chi connectivity index (χ0) is 21.5. The number of fused-ring (bicyclic) bond motifs is 1. The zero-order valence-electron chi connectivity index (χ0n) is 17.1. The molecule has 0 saturated heterocycles. The molecule has 0 spiro atoms. The summed E-state index contributed by atoms with van der Waals surface area (Å²) in [5.41, 5.74) is 1.98. The van der Waals surface area contributed by atoms with Crippen molar-refractivity contribution in [2.75, 3.05) is 13.2 Å². The lowest BCUT2D eigenvalue weighted by atomic mass is 10.0. The highest BCUT2D eigenvalue weighted by atomic mass is 16.5. The first-order valence-electron chi connectivity index (χ1n) is 9.92. The first kappa shape index (κ1) is 21.3. The van der Waals surface area contributed by atoms with Crippen molar-refractivity contribution >= 4 is 22.7 Å². The van der Waals surface area contributed by atoms with Crippen molar-refractivity contribution < 1.29 is 23.5 Å². The highest BCUT2D eigenvalue weighted by molar-refractivity contribution is 5.97. The molecule has 0 radical (unpaired) electrons. The molecule has 0 atom stereocenters. The second-order valence-corrected chi connectivity index (χ2v) is 7.00. The molecule has 0 amide bonds. The Morgan fingerprint density at radius 2 is 1.83 bits per heavy atom. The average Bonchev–Trinajstić information content (AvgIpc) is 2.75. The third-order valence-electron chi connectivity index (χ3n) is 4.65. The molecular weight excluding hydrogens is 384 g/mol. The summed E-state index contributed by atoms with van der Waals surface area (Å²) in [6, 6.07) is 13.7. The molecule has 0 aliphatic carbocycles. The predicted octanol–water partition coefficient (Wildman–Crippen LogP) is 4.25. The maximum absolute atomic E-state index is 12.4. The van der Waals surface area contributed by atoms with Gasteiger partial charge in [0.05, 0.1) is 6.61 Å². The Bertz CT molecular complexity index is 1100. The molecule has 3 rings (SSSR count). The van der Waals surface area contributed by atoms with Crippen molar-refractivity contribution in [2.45, 2.75) is 33.1 Å². The number of benzene rings is 2. The minimum absolute atomic E-state index is 0.168. The summed E-state index contributed by atoms with van der Waals surface area (Å²) in [5.74, 6) is -0.0573. The summed E-state index contributed by atoms with van der Waals surface area (Å²) >= 11 is 0. The van der Waals surface area contributed by atoms with Gasteiger partial charge in [-0.05, 0) is 37.0 Å². The quantitative estimate of drug-likeness (QED) is 0.299. The van der Waals surface area contributed by atoms with Gasteiger partial charge in [0.2, 0.25) is 0 Å². The van der Waals surface area contributed by atoms with Gasteiger partial charge in [-0.25, -0.2) is 4.79 Å². The van der Waals surface area contributed by atoms with Gasteiger partial charge in [-0.2, -0.15) is 0 Å². The van der Waals surface area contributed by atoms with Crippen molar-refractivity contribution in [3.8, 4) is 5.75 Å². The standard InChI is InChI=1S/C24H24O6/c1-3-11-28-23(26)10-9-18-13-19-16(2)12-24(27)30-22(19)14-21(18)29-15-20(25)17-7-5-4-6-8-17/h4-8,12-14H,3,9-11,15H2,1-2H3. The molecule has 30 heavy (non-hydrogen) atoms. The molecule has 156 valence electrons. The van der Waals surface area contributed by atoms with Crippen LogP contribution in [0.15, 0.2) is 57.7 Å². The van der Waals surface area contributed by atoms with Gasteiger partial charge >= 0.3 is 11.6 Å². The third-order valence-corrected chi connectivity index (χ3v) is 4.65. The second-order valence-electron chi connectivity index (χ2n) is 7.00. The van der Waals surface area contributed by atoms with Gasteiger partial charge in [0.1, 0.15) is 11.3 Å². The van der Waals surface area contributed by atoms with Gasteiger partial charge in [0, 0.05) is 29.5 Å². The van der Waals surface area contributed by atoms with Crippen LogP contribution in [0, 0.1) is 6.92 Å². The number of rotatable bonds is 9. The van der Waals surface area contributed by atoms with Crippen molar-refractivity contribution in [2.24, 2.45) is 0 Å². The van der Waals surface area contributed by atoms with E-state index < -0.39 is 5.63 Å². The smallest absolute Gasteiger partial charge is 0.336 e. The van der Waals surface area contributed by atoms with E-state index in [0.717, 1.165) is 22.9 Å². The molecule has 0 fully saturated rings. The van der Waals surface area contributed by atoms with Crippen molar-refractivity contribution in [1.82, 2.24) is 0 Å². The predicted molar refractivity (Wildman–Crippen MR) is 113 cm³/mol. The first-order valence-corrected chi connectivity index (χ1v) is 9.92. The maximum atomic E-state index is 12.4. The molecule has 0 saturated carbocycles. The number of Topliss-reactive ketones (excluding diaryl/α,β-unsaturated/α-hetero) is 1. The molecule has 1 aromatic heterocycles. The van der Waals surface area contributed by atoms with Gasteiger partial charge in [-0.1, -0.05) is 37.3 Å². The lowest BCUT2D eigenvalue weighted by Crippen LogP contribution is -2.13. The lowest BCUT2D eigenvalue weighted by Gasteiger charge is -2.13. The summed E-state index contributed by atoms with van der Waals surface area (Å²) < 4.78 is 16.2. The van der Waals surface area contributed by atoms with E-state index in [0.29, 0.717) is 29.9 Å². The molecule has 0 aliphatic rings. The highest BCUT2D eigenvalue weighted by Crippen LogP contribution is 2.28. The molecule has 1 heterocycles. The summed E-state index contributed by atoms with van der Waals surface area (Å²) in [4.78, 5) is 36.1. The van der Waals surface area contributed by atoms with E-state index in [9.17, 15) is 14.4 Å². The molecule has 0 unspecified atom stereocenters. The average molecular weight is 408 g/mol. The van der Waals surface area contributed by atoms with Gasteiger partial charge < -0.3 is 13.9 Å². The van der Waals surface area contributed by atoms with Gasteiger partial charge in [0.15, 0.2) is 12.4 Å². The summed E-state index contributed by atoms with van der Waals surface area (Å²) in [6.07, 6.45) is 1.33. The number of ether oxygens (including phenoxy) is 2. The van der Waals surface area contributed by atoms with E-state index in [1.165, 1.54) is 6.07 Å². The fraction of sp³-hybridized carbons (Fsp3) is 0.292. The van der Waals surface area contributed by atoms with Crippen molar-refractivity contribution in [3.05, 3.63) is 75.6 Å². The monoisotopic (exact) mass is 408 g/mol. The Morgan fingerprint density at radius 3 is 2.57 bits per heavy atom. The molecule has 2 aromatic carbocycles. The molecule has 6 nitrogen and oxygen atoms in total. The van der Waals surface area contributed by atoms with Crippen molar-refractivity contribution in [1.29, 1.82) is 0 Å². The summed E-state index contributed by atoms with van der Waals surface area (Å²) in [7, 11) is 0. The lowest BCUT2D eigenvalue weighted by molar-refractivity contribution is -0.143. The second kappa shape index (κ2) is 9.87. The van der Waals surface area contributed by atoms with Crippen LogP contribution in [-0.2, 0) is 16.0 Å². The Kier molecular flexibility index (Phi) is 7.01. The molecule has 0 aliphatic heterocycles. The molecule has 3 aromatic rings. The Balaban J connectivity index is 1.86. The van der Waals surface area contributed by atoms with Crippen LogP contribution in [0.2, 0.25) is 0 Å². The SMILES string of the molecule is CCCOC(=O)CCc1cc2c(C)cc(=O)oc2cc1OCC(=O)c1ccccc1. The van der Waals surface area contributed by atoms with E-state index >= 15 is 0 Å². The fourth-order valence-corrected chi connectivity index (χ4v) is 3.10. The van der Waals surface area contributed by atoms with Crippen LogP contribution in [0.3, 0.4) is 0 Å². The zero-order valence-corrected chi connectivity index (χ0v) is 17.1. The number of esters is 1. The van der Waals surface area contributed by atoms with E-state index in [2.05, 4.69) is 0 Å². The Hall–Kier alpha value is -3.41. The fourth-order valence-electron chi connectivity index (χ4n) is 3.10. The van der Waals surface area contributed by atoms with Gasteiger partial charge in [-0.3, -0.25) is 9.59 Å². The van der Waals surface area contributed by atoms with E-state index in [-0.39, 0.29) is 24.8 Å². The van der Waals surface area contributed by atoms with E-state index in [1.807, 2.05) is 26.0 Å². The molecule has 0 bridgehead atoms. The van der Waals surface area contributed by atoms with Crippen LogP contribution in [-0.4, -0.2) is 25.0 Å². The number of hydrogen-bond donors (Lipinski definition) is 0. The number of aryl methyl sites for hydroxylation is 2. The molecular formula is C24H24O6. The molecule has 0 N–H and O–H groups in total. The third kappa shape index (κ3) is 5.35. The minimum Gasteiger partial charge on any atom is -0.485 e. The summed E-state index contributed by atoms with van der Waals surface area (Å²) in [5, 5.41) is 0.758. The normalized spacial score (nSPS) is 10.7. The number of carbonyl (C=O) groups excluding carboxylic acids is 2. The largest absolute Gasteiger partial charge is 0.485 e. The van der Waals surface area contributed by atoms with Crippen LogP contribution >= 0.6 is 0 Å². The Morgan fingerprint density at radius 1 is 1.07 bits per heavy atom.